The van der Waals surface area contributed by atoms with E-state index in [-0.39, 0.29) is 0 Å². The second-order valence-corrected chi connectivity index (χ2v) is 3.39. The first-order valence-electron chi connectivity index (χ1n) is 4.70. The molecule has 0 aliphatic heterocycles. The predicted molar refractivity (Wildman–Crippen MR) is 56.3 cm³/mol. The molecule has 15 heavy (non-hydrogen) atoms. The molecule has 0 radical (unpaired) electrons. The number of rotatable bonds is 1. The zero-order valence-electron chi connectivity index (χ0n) is 8.19. The van der Waals surface area contributed by atoms with Crippen molar-refractivity contribution in [1.29, 1.82) is 0 Å². The normalized spacial score (nSPS) is 11.0. The second-order valence-electron chi connectivity index (χ2n) is 3.39. The molecule has 4 nitrogen and oxygen atoms in total. The number of nitrogens with one attached hydrogen (secondary N) is 1. The molecule has 4 heteroatoms. The van der Waals surface area contributed by atoms with Crippen LogP contribution in [0.15, 0.2) is 34.9 Å². The summed E-state index contributed by atoms with van der Waals surface area (Å²) in [7, 11) is 0. The zero-order chi connectivity index (χ0) is 10.3. The number of aryl methyl sites for hydroxylation is 1. The van der Waals surface area contributed by atoms with Gasteiger partial charge in [0.1, 0.15) is 5.52 Å². The number of hydrogen-bond donors (Lipinski definition) is 1. The van der Waals surface area contributed by atoms with Crippen molar-refractivity contribution >= 4 is 11.1 Å². The van der Waals surface area contributed by atoms with Crippen LogP contribution >= 0.6 is 0 Å². The van der Waals surface area contributed by atoms with Crippen molar-refractivity contribution in [3.8, 4) is 11.3 Å². The number of benzene rings is 1. The summed E-state index contributed by atoms with van der Waals surface area (Å²) in [6.45, 7) is 1.84. The van der Waals surface area contributed by atoms with E-state index in [4.69, 9.17) is 4.42 Å². The van der Waals surface area contributed by atoms with Crippen LogP contribution in [0.25, 0.3) is 22.4 Å². The molecule has 0 unspecified atom stereocenters. The Morgan fingerprint density at radius 2 is 2.20 bits per heavy atom. The van der Waals surface area contributed by atoms with Gasteiger partial charge in [0.05, 0.1) is 5.69 Å². The monoisotopic (exact) mass is 199 g/mol. The molecule has 3 rings (SSSR count). The van der Waals surface area contributed by atoms with E-state index in [2.05, 4.69) is 15.2 Å². The van der Waals surface area contributed by atoms with E-state index in [0.717, 1.165) is 22.4 Å². The van der Waals surface area contributed by atoms with Gasteiger partial charge in [0, 0.05) is 18.7 Å². The van der Waals surface area contributed by atoms with Gasteiger partial charge in [0.25, 0.3) is 0 Å². The minimum atomic E-state index is 0.687. The Morgan fingerprint density at radius 1 is 1.27 bits per heavy atom. The number of oxazole rings is 1. The topological polar surface area (TPSA) is 54.7 Å². The van der Waals surface area contributed by atoms with Crippen LogP contribution in [-0.4, -0.2) is 15.2 Å². The Bertz CT molecular complexity index is 595. The van der Waals surface area contributed by atoms with Crippen LogP contribution in [-0.2, 0) is 0 Å². The van der Waals surface area contributed by atoms with Gasteiger partial charge < -0.3 is 4.42 Å². The highest BCUT2D eigenvalue weighted by Gasteiger charge is 2.04. The van der Waals surface area contributed by atoms with E-state index in [0.29, 0.717) is 5.89 Å². The minimum absolute atomic E-state index is 0.687. The molecule has 2 heterocycles. The van der Waals surface area contributed by atoms with Crippen LogP contribution in [0.5, 0.6) is 0 Å². The van der Waals surface area contributed by atoms with Gasteiger partial charge in [-0.3, -0.25) is 5.10 Å². The van der Waals surface area contributed by atoms with Gasteiger partial charge in [0.2, 0.25) is 0 Å². The highest BCUT2D eigenvalue weighted by atomic mass is 16.3. The molecule has 0 spiro atoms. The van der Waals surface area contributed by atoms with Gasteiger partial charge in [-0.2, -0.15) is 5.10 Å². The van der Waals surface area contributed by atoms with E-state index in [9.17, 15) is 0 Å². The molecule has 74 valence electrons. The smallest absolute Gasteiger partial charge is 0.192 e. The Morgan fingerprint density at radius 3 is 3.00 bits per heavy atom. The largest absolute Gasteiger partial charge is 0.441 e. The standard InChI is InChI=1S/C11H9N3O/c1-7-13-10-3-2-8(6-11(10)15-7)9-4-5-12-14-9/h2-6H,1H3,(H,12,14). The van der Waals surface area contributed by atoms with Crippen molar-refractivity contribution in [3.05, 3.63) is 36.4 Å². The molecule has 0 amide bonds. The van der Waals surface area contributed by atoms with Gasteiger partial charge in [0.15, 0.2) is 11.5 Å². The average molecular weight is 199 g/mol. The van der Waals surface area contributed by atoms with Crippen molar-refractivity contribution in [3.63, 3.8) is 0 Å². The maximum Gasteiger partial charge on any atom is 0.192 e. The van der Waals surface area contributed by atoms with E-state index in [1.54, 1.807) is 6.20 Å². The summed E-state index contributed by atoms with van der Waals surface area (Å²) < 4.78 is 5.46. The molecule has 1 aromatic carbocycles. The van der Waals surface area contributed by atoms with Crippen LogP contribution in [0, 0.1) is 6.92 Å². The fourth-order valence-electron chi connectivity index (χ4n) is 1.62. The van der Waals surface area contributed by atoms with E-state index < -0.39 is 0 Å². The lowest BCUT2D eigenvalue weighted by atomic mass is 10.1. The third-order valence-electron chi connectivity index (χ3n) is 2.31. The molecule has 2 aromatic heterocycles. The number of aromatic nitrogens is 3. The molecule has 3 aromatic rings. The molecule has 0 aliphatic rings. The van der Waals surface area contributed by atoms with Crippen LogP contribution in [0.1, 0.15) is 5.89 Å². The van der Waals surface area contributed by atoms with E-state index in [1.807, 2.05) is 31.2 Å². The first-order chi connectivity index (χ1) is 7.33. The molecule has 0 fully saturated rings. The maximum atomic E-state index is 5.46. The maximum absolute atomic E-state index is 5.46. The lowest BCUT2D eigenvalue weighted by Crippen LogP contribution is -1.77. The summed E-state index contributed by atoms with van der Waals surface area (Å²) in [6, 6.07) is 7.83. The molecular weight excluding hydrogens is 190 g/mol. The van der Waals surface area contributed by atoms with Crippen molar-refractivity contribution in [2.45, 2.75) is 6.92 Å². The predicted octanol–water partition coefficient (Wildman–Crippen LogP) is 2.53. The average Bonchev–Trinajstić information content (AvgIpc) is 2.82. The van der Waals surface area contributed by atoms with Gasteiger partial charge >= 0.3 is 0 Å². The van der Waals surface area contributed by atoms with Crippen molar-refractivity contribution in [2.24, 2.45) is 0 Å². The quantitative estimate of drug-likeness (QED) is 0.655. The van der Waals surface area contributed by atoms with Crippen LogP contribution in [0.3, 0.4) is 0 Å². The fraction of sp³-hybridized carbons (Fsp3) is 0.0909. The number of hydrogen-bond acceptors (Lipinski definition) is 3. The number of H-pyrrole nitrogens is 1. The molecule has 0 atom stereocenters. The Labute approximate surface area is 85.9 Å². The lowest BCUT2D eigenvalue weighted by Gasteiger charge is -1.95. The summed E-state index contributed by atoms with van der Waals surface area (Å²) in [5.41, 5.74) is 3.72. The Kier molecular flexibility index (Phi) is 1.62. The fourth-order valence-corrected chi connectivity index (χ4v) is 1.62. The molecular formula is C11H9N3O. The van der Waals surface area contributed by atoms with Crippen molar-refractivity contribution in [1.82, 2.24) is 15.2 Å². The molecule has 0 saturated heterocycles. The van der Waals surface area contributed by atoms with Crippen LogP contribution in [0.4, 0.5) is 0 Å². The summed E-state index contributed by atoms with van der Waals surface area (Å²) in [5.74, 6) is 0.687. The summed E-state index contributed by atoms with van der Waals surface area (Å²) >= 11 is 0. The van der Waals surface area contributed by atoms with Gasteiger partial charge in [-0.1, -0.05) is 6.07 Å². The summed E-state index contributed by atoms with van der Waals surface area (Å²) in [5, 5.41) is 6.83. The van der Waals surface area contributed by atoms with Crippen molar-refractivity contribution < 1.29 is 4.42 Å². The highest BCUT2D eigenvalue weighted by molar-refractivity contribution is 5.79. The number of nitrogens with zero attached hydrogens (tertiary/aromatic N) is 2. The van der Waals surface area contributed by atoms with Crippen LogP contribution < -0.4 is 0 Å². The first-order valence-corrected chi connectivity index (χ1v) is 4.70. The van der Waals surface area contributed by atoms with Crippen LogP contribution in [0.2, 0.25) is 0 Å². The van der Waals surface area contributed by atoms with Gasteiger partial charge in [-0.05, 0) is 18.2 Å². The van der Waals surface area contributed by atoms with E-state index >= 15 is 0 Å². The second kappa shape index (κ2) is 2.95. The summed E-state index contributed by atoms with van der Waals surface area (Å²) in [4.78, 5) is 4.24. The van der Waals surface area contributed by atoms with Gasteiger partial charge in [-0.15, -0.1) is 0 Å². The minimum Gasteiger partial charge on any atom is -0.441 e. The number of fused-ring (bicyclic) bond motifs is 1. The third-order valence-corrected chi connectivity index (χ3v) is 2.31. The zero-order valence-corrected chi connectivity index (χ0v) is 8.19. The Hall–Kier alpha value is -2.10. The SMILES string of the molecule is Cc1nc2ccc(-c3ccn[nH]3)cc2o1. The molecule has 0 saturated carbocycles. The summed E-state index contributed by atoms with van der Waals surface area (Å²) in [6.07, 6.45) is 1.73. The molecule has 0 aliphatic carbocycles. The van der Waals surface area contributed by atoms with E-state index in [1.165, 1.54) is 0 Å². The first kappa shape index (κ1) is 8.23. The third kappa shape index (κ3) is 1.30. The van der Waals surface area contributed by atoms with Crippen molar-refractivity contribution in [2.75, 3.05) is 0 Å². The molecule has 0 bridgehead atoms. The lowest BCUT2D eigenvalue weighted by molar-refractivity contribution is 0.561. The molecule has 1 N–H and O–H groups in total. The number of aromatic amines is 1. The van der Waals surface area contributed by atoms with Gasteiger partial charge in [-0.25, -0.2) is 4.98 Å². The Balaban J connectivity index is 2.21. The highest BCUT2D eigenvalue weighted by Crippen LogP contribution is 2.22.